The van der Waals surface area contributed by atoms with Crippen molar-refractivity contribution in [1.82, 2.24) is 4.98 Å². The van der Waals surface area contributed by atoms with Gasteiger partial charge in [-0.05, 0) is 42.3 Å². The summed E-state index contributed by atoms with van der Waals surface area (Å²) in [5.74, 6) is 0.109. The van der Waals surface area contributed by atoms with Crippen LogP contribution in [0.1, 0.15) is 12.6 Å². The molecular formula is C16H17N3O2. The summed E-state index contributed by atoms with van der Waals surface area (Å²) >= 11 is 0. The minimum absolute atomic E-state index is 0.0798. The highest BCUT2D eigenvalue weighted by molar-refractivity contribution is 5.92. The summed E-state index contributed by atoms with van der Waals surface area (Å²) in [7, 11) is 0. The summed E-state index contributed by atoms with van der Waals surface area (Å²) in [6.07, 6.45) is 1.77. The van der Waals surface area contributed by atoms with Gasteiger partial charge in [-0.2, -0.15) is 0 Å². The maximum atomic E-state index is 11.1. The third-order valence-corrected chi connectivity index (χ3v) is 2.96. The van der Waals surface area contributed by atoms with Gasteiger partial charge in [-0.3, -0.25) is 9.78 Å². The van der Waals surface area contributed by atoms with E-state index in [0.29, 0.717) is 5.75 Å². The van der Waals surface area contributed by atoms with E-state index in [4.69, 9.17) is 16.2 Å². The Morgan fingerprint density at radius 3 is 2.33 bits per heavy atom. The van der Waals surface area contributed by atoms with Crippen LogP contribution < -0.4 is 16.2 Å². The smallest absolute Gasteiger partial charge is 0.217 e. The highest BCUT2D eigenvalue weighted by Crippen LogP contribution is 2.23. The van der Waals surface area contributed by atoms with Crippen molar-refractivity contribution >= 4 is 5.78 Å². The normalized spacial score (nSPS) is 11.7. The van der Waals surface area contributed by atoms with Gasteiger partial charge >= 0.3 is 0 Å². The first-order chi connectivity index (χ1) is 9.97. The van der Waals surface area contributed by atoms with Crippen LogP contribution in [0.3, 0.4) is 0 Å². The first-order valence-corrected chi connectivity index (χ1v) is 6.44. The van der Waals surface area contributed by atoms with Crippen molar-refractivity contribution in [2.45, 2.75) is 13.8 Å². The fourth-order valence-electron chi connectivity index (χ4n) is 1.80. The zero-order chi connectivity index (χ0) is 15.4. The van der Waals surface area contributed by atoms with Crippen molar-refractivity contribution < 1.29 is 9.53 Å². The highest BCUT2D eigenvalue weighted by atomic mass is 16.5. The molecule has 0 aliphatic rings. The maximum absolute atomic E-state index is 11.1. The molecule has 0 aliphatic carbocycles. The van der Waals surface area contributed by atoms with Gasteiger partial charge in [0.15, 0.2) is 5.78 Å². The van der Waals surface area contributed by atoms with E-state index in [1.807, 2.05) is 31.2 Å². The molecule has 1 aromatic heterocycles. The second-order valence-electron chi connectivity index (χ2n) is 4.65. The molecule has 2 aromatic rings. The molecule has 0 atom stereocenters. The molecule has 0 aliphatic heterocycles. The fourth-order valence-corrected chi connectivity index (χ4v) is 1.80. The van der Waals surface area contributed by atoms with Crippen LogP contribution in [0.4, 0.5) is 0 Å². The van der Waals surface area contributed by atoms with Gasteiger partial charge in [0.1, 0.15) is 11.4 Å². The van der Waals surface area contributed by atoms with Crippen LogP contribution in [0.5, 0.6) is 5.75 Å². The van der Waals surface area contributed by atoms with Crippen molar-refractivity contribution in [3.8, 4) is 16.9 Å². The molecule has 108 valence electrons. The van der Waals surface area contributed by atoms with E-state index in [9.17, 15) is 4.79 Å². The van der Waals surface area contributed by atoms with E-state index in [1.54, 1.807) is 18.3 Å². The molecule has 0 bridgehead atoms. The van der Waals surface area contributed by atoms with Crippen molar-refractivity contribution in [2.24, 2.45) is 11.5 Å². The zero-order valence-corrected chi connectivity index (χ0v) is 12.0. The average Bonchev–Trinajstić information content (AvgIpc) is 2.47. The molecule has 21 heavy (non-hydrogen) atoms. The van der Waals surface area contributed by atoms with Gasteiger partial charge in [-0.25, -0.2) is 0 Å². The van der Waals surface area contributed by atoms with E-state index >= 15 is 0 Å². The lowest BCUT2D eigenvalue weighted by atomic mass is 10.1. The molecule has 5 nitrogen and oxygen atoms in total. The first kappa shape index (κ1) is 14.6. The number of hydrogen-bond acceptors (Lipinski definition) is 5. The molecule has 0 spiro atoms. The highest BCUT2D eigenvalue weighted by Gasteiger charge is 2.07. The van der Waals surface area contributed by atoms with Crippen LogP contribution in [0, 0.1) is 6.92 Å². The maximum Gasteiger partial charge on any atom is 0.217 e. The molecule has 4 N–H and O–H groups in total. The van der Waals surface area contributed by atoms with E-state index in [-0.39, 0.29) is 17.4 Å². The number of hydrogen-bond donors (Lipinski definition) is 2. The Hall–Kier alpha value is -2.82. The summed E-state index contributed by atoms with van der Waals surface area (Å²) in [5, 5.41) is 0. The fraction of sp³-hybridized carbons (Fsp3) is 0.125. The number of aryl methyl sites for hydroxylation is 1. The minimum atomic E-state index is -0.323. The van der Waals surface area contributed by atoms with Crippen LogP contribution >= 0.6 is 0 Å². The van der Waals surface area contributed by atoms with Gasteiger partial charge in [0, 0.05) is 18.8 Å². The molecule has 0 amide bonds. The summed E-state index contributed by atoms with van der Waals surface area (Å²) in [4.78, 5) is 15.3. The number of Topliss-reactive ketones (excluding diaryl/α,β-unsaturated/α-hetero) is 1. The predicted octanol–water partition coefficient (Wildman–Crippen LogP) is 2.11. The molecule has 2 rings (SSSR count). The van der Waals surface area contributed by atoms with Gasteiger partial charge in [-0.15, -0.1) is 0 Å². The van der Waals surface area contributed by atoms with Gasteiger partial charge in [0.25, 0.3) is 0 Å². The molecular weight excluding hydrogens is 266 g/mol. The molecule has 0 saturated heterocycles. The summed E-state index contributed by atoms with van der Waals surface area (Å²) in [6.45, 7) is 3.28. The summed E-state index contributed by atoms with van der Waals surface area (Å²) in [6, 6.07) is 11.3. The van der Waals surface area contributed by atoms with E-state index in [0.717, 1.165) is 16.8 Å². The van der Waals surface area contributed by atoms with E-state index in [1.165, 1.54) is 6.92 Å². The third-order valence-electron chi connectivity index (χ3n) is 2.96. The molecule has 1 heterocycles. The molecule has 0 fully saturated rings. The number of allylic oxidation sites excluding steroid dienone is 1. The van der Waals surface area contributed by atoms with Crippen LogP contribution in [0.2, 0.25) is 0 Å². The topological polar surface area (TPSA) is 91.2 Å². The molecule has 0 saturated carbocycles. The van der Waals surface area contributed by atoms with Crippen molar-refractivity contribution in [3.63, 3.8) is 0 Å². The average molecular weight is 283 g/mol. The molecule has 5 heteroatoms. The molecule has 0 radical (unpaired) electrons. The number of carbonyl (C=O) groups excluding carboxylic acids is 1. The quantitative estimate of drug-likeness (QED) is 0.662. The molecule has 1 aromatic carbocycles. The number of carbonyl (C=O) groups is 1. The number of benzene rings is 1. The number of pyridine rings is 1. The lowest BCUT2D eigenvalue weighted by Gasteiger charge is -2.08. The van der Waals surface area contributed by atoms with Crippen molar-refractivity contribution in [3.05, 3.63) is 59.9 Å². The van der Waals surface area contributed by atoms with E-state index in [2.05, 4.69) is 4.98 Å². The standard InChI is InChI=1S/C16H17N3O2/c1-10-9-13(7-8-19-10)12-3-5-14(6-4-12)21-16(18)15(17)11(2)20/h3-9H,17-18H2,1-2H3/b16-15+. The number of nitrogens with two attached hydrogens (primary N) is 2. The Kier molecular flexibility index (Phi) is 4.23. The largest absolute Gasteiger partial charge is 0.439 e. The van der Waals surface area contributed by atoms with Crippen molar-refractivity contribution in [1.29, 1.82) is 0 Å². The first-order valence-electron chi connectivity index (χ1n) is 6.44. The second-order valence-corrected chi connectivity index (χ2v) is 4.65. The van der Waals surface area contributed by atoms with Crippen LogP contribution in [-0.4, -0.2) is 10.8 Å². The van der Waals surface area contributed by atoms with E-state index < -0.39 is 0 Å². The van der Waals surface area contributed by atoms with Crippen LogP contribution in [-0.2, 0) is 4.79 Å². The van der Waals surface area contributed by atoms with Crippen LogP contribution in [0.15, 0.2) is 54.2 Å². The Balaban J connectivity index is 2.20. The Bertz CT molecular complexity index is 691. The van der Waals surface area contributed by atoms with Gasteiger partial charge in [-0.1, -0.05) is 12.1 Å². The third kappa shape index (κ3) is 3.60. The van der Waals surface area contributed by atoms with Crippen molar-refractivity contribution in [2.75, 3.05) is 0 Å². The van der Waals surface area contributed by atoms with Gasteiger partial charge in [0.2, 0.25) is 5.88 Å². The number of aromatic nitrogens is 1. The number of rotatable bonds is 4. The number of nitrogens with zero attached hydrogens (tertiary/aromatic N) is 1. The number of ketones is 1. The summed E-state index contributed by atoms with van der Waals surface area (Å²) in [5.41, 5.74) is 14.1. The zero-order valence-electron chi connectivity index (χ0n) is 12.0. The van der Waals surface area contributed by atoms with Crippen LogP contribution in [0.25, 0.3) is 11.1 Å². The Labute approximate surface area is 123 Å². The lowest BCUT2D eigenvalue weighted by Crippen LogP contribution is -2.19. The minimum Gasteiger partial charge on any atom is -0.439 e. The lowest BCUT2D eigenvalue weighted by molar-refractivity contribution is -0.113. The predicted molar refractivity (Wildman–Crippen MR) is 81.1 cm³/mol. The van der Waals surface area contributed by atoms with Gasteiger partial charge in [0.05, 0.1) is 0 Å². The van der Waals surface area contributed by atoms with Gasteiger partial charge < -0.3 is 16.2 Å². The Morgan fingerprint density at radius 2 is 1.76 bits per heavy atom. The molecule has 0 unspecified atom stereocenters. The second kappa shape index (κ2) is 6.09. The monoisotopic (exact) mass is 283 g/mol. The SMILES string of the molecule is CC(=O)/C(N)=C(/N)Oc1ccc(-c2ccnc(C)c2)cc1. The number of ether oxygens (including phenoxy) is 1. The summed E-state index contributed by atoms with van der Waals surface area (Å²) < 4.78 is 5.35. The Morgan fingerprint density at radius 1 is 1.10 bits per heavy atom.